The third-order valence-corrected chi connectivity index (χ3v) is 16.3. The molecule has 0 heterocycles. The second-order valence-corrected chi connectivity index (χ2v) is 25.7. The number of phosphoric ester groups is 1. The largest absolute Gasteiger partial charge is 0.472 e. The second kappa shape index (κ2) is 58.4. The van der Waals surface area contributed by atoms with Gasteiger partial charge in [0.25, 0.3) is 0 Å². The van der Waals surface area contributed by atoms with Gasteiger partial charge in [0.1, 0.15) is 19.8 Å². The van der Waals surface area contributed by atoms with E-state index in [1.54, 1.807) is 0 Å². The zero-order chi connectivity index (χ0) is 55.6. The summed E-state index contributed by atoms with van der Waals surface area (Å²) in [6.07, 6.45) is 70.2. The highest BCUT2D eigenvalue weighted by Crippen LogP contribution is 2.43. The number of esters is 2. The van der Waals surface area contributed by atoms with Crippen molar-refractivity contribution < 1.29 is 42.1 Å². The van der Waals surface area contributed by atoms with Crippen LogP contribution < -0.4 is 0 Å². The summed E-state index contributed by atoms with van der Waals surface area (Å²) >= 11 is 0. The number of allylic oxidation sites excluding steroid dienone is 2. The number of carbonyl (C=O) groups is 2. The maximum Gasteiger partial charge on any atom is 0.472 e. The van der Waals surface area contributed by atoms with E-state index in [4.69, 9.17) is 18.5 Å². The minimum absolute atomic E-state index is 0.0357. The molecule has 76 heavy (non-hydrogen) atoms. The number of nitrogens with zero attached hydrogens (tertiary/aromatic N) is 1. The van der Waals surface area contributed by atoms with Crippen molar-refractivity contribution in [2.75, 3.05) is 47.5 Å². The first kappa shape index (κ1) is 74.8. The summed E-state index contributed by atoms with van der Waals surface area (Å²) < 4.78 is 34.7. The van der Waals surface area contributed by atoms with E-state index in [0.717, 1.165) is 32.1 Å². The molecule has 0 saturated carbocycles. The topological polar surface area (TPSA) is 108 Å². The normalized spacial score (nSPS) is 13.2. The third-order valence-electron chi connectivity index (χ3n) is 15.3. The molecule has 9 nitrogen and oxygen atoms in total. The highest BCUT2D eigenvalue weighted by atomic mass is 31.2. The molecule has 0 saturated heterocycles. The first-order valence-electron chi connectivity index (χ1n) is 33.4. The number of likely N-dealkylation sites (N-methyl/N-ethyl adjacent to an activating group) is 1. The van der Waals surface area contributed by atoms with Gasteiger partial charge in [-0.3, -0.25) is 18.6 Å². The number of hydrogen-bond donors (Lipinski definition) is 1. The van der Waals surface area contributed by atoms with Crippen molar-refractivity contribution in [3.63, 3.8) is 0 Å². The molecule has 0 rings (SSSR count). The third kappa shape index (κ3) is 62.0. The average molecular weight is 1100 g/mol. The van der Waals surface area contributed by atoms with Crippen molar-refractivity contribution in [3.8, 4) is 0 Å². The molecule has 452 valence electrons. The quantitative estimate of drug-likeness (QED) is 0.0211. The fraction of sp³-hybridized carbons (Fsp3) is 0.939. The molecule has 0 aliphatic carbocycles. The molecule has 0 aliphatic rings. The lowest BCUT2D eigenvalue weighted by molar-refractivity contribution is -0.870. The van der Waals surface area contributed by atoms with Gasteiger partial charge in [0.15, 0.2) is 6.10 Å². The second-order valence-electron chi connectivity index (χ2n) is 24.2. The lowest BCUT2D eigenvalue weighted by atomic mass is 10.0. The zero-order valence-corrected chi connectivity index (χ0v) is 52.4. The van der Waals surface area contributed by atoms with Crippen molar-refractivity contribution >= 4 is 19.8 Å². The lowest BCUT2D eigenvalue weighted by Gasteiger charge is -2.24. The molecule has 0 spiro atoms. The zero-order valence-electron chi connectivity index (χ0n) is 51.5. The van der Waals surface area contributed by atoms with Gasteiger partial charge in [-0.2, -0.15) is 0 Å². The fourth-order valence-electron chi connectivity index (χ4n) is 10.1. The number of carbonyl (C=O) groups excluding carboxylic acids is 2. The predicted molar refractivity (Wildman–Crippen MR) is 326 cm³/mol. The predicted octanol–water partition coefficient (Wildman–Crippen LogP) is 21.2. The van der Waals surface area contributed by atoms with Crippen molar-refractivity contribution in [3.05, 3.63) is 12.2 Å². The summed E-state index contributed by atoms with van der Waals surface area (Å²) in [5.41, 5.74) is 0. The molecule has 2 unspecified atom stereocenters. The van der Waals surface area contributed by atoms with Gasteiger partial charge in [-0.15, -0.1) is 0 Å². The Morgan fingerprint density at radius 3 is 0.974 bits per heavy atom. The Balaban J connectivity index is 4.01. The number of hydrogen-bond acceptors (Lipinski definition) is 7. The SMILES string of the molecule is CCCCCCCCCC/C=C\CCCCCCCCCCCCCC(=O)OC(COC(=O)CCCCCCCCCCCCCCCCCCCCCCCCCCCCCCC)COP(=O)(O)OCC[N+](C)(C)C. The van der Waals surface area contributed by atoms with Crippen LogP contribution in [0.4, 0.5) is 0 Å². The van der Waals surface area contributed by atoms with E-state index in [2.05, 4.69) is 26.0 Å². The van der Waals surface area contributed by atoms with Crippen LogP contribution in [0.1, 0.15) is 348 Å². The molecule has 0 amide bonds. The molecule has 0 fully saturated rings. The number of phosphoric acid groups is 1. The van der Waals surface area contributed by atoms with E-state index >= 15 is 0 Å². The Morgan fingerprint density at radius 1 is 0.395 bits per heavy atom. The molecule has 1 N–H and O–H groups in total. The van der Waals surface area contributed by atoms with Crippen molar-refractivity contribution in [1.29, 1.82) is 0 Å². The van der Waals surface area contributed by atoms with Gasteiger partial charge in [-0.25, -0.2) is 4.57 Å². The van der Waals surface area contributed by atoms with E-state index < -0.39 is 26.5 Å². The maximum atomic E-state index is 12.8. The van der Waals surface area contributed by atoms with E-state index in [9.17, 15) is 19.0 Å². The van der Waals surface area contributed by atoms with Crippen LogP contribution in [0.5, 0.6) is 0 Å². The number of ether oxygens (including phenoxy) is 2. The molecule has 0 radical (unpaired) electrons. The van der Waals surface area contributed by atoms with Crippen LogP contribution in [0.3, 0.4) is 0 Å². The standard InChI is InChI=1S/C66H130NO8P/c1-6-8-10-12-14-16-18-20-22-24-26-28-30-31-32-33-34-35-37-38-40-42-44-46-48-50-52-54-56-58-65(68)72-62-64(63-74-76(70,71)73-61-60-67(3,4)5)75-66(69)59-57-55-53-51-49-47-45-43-41-39-36-29-27-25-23-21-19-17-15-13-11-9-7-2/h25,27,64H,6-24,26,28-63H2,1-5H3/p+1/b27-25-. The molecule has 0 aromatic rings. The Labute approximate surface area is 473 Å². The molecule has 2 atom stereocenters. The molecular weight excluding hydrogens is 966 g/mol. The summed E-state index contributed by atoms with van der Waals surface area (Å²) in [6.45, 7) is 4.51. The highest BCUT2D eigenvalue weighted by molar-refractivity contribution is 7.47. The van der Waals surface area contributed by atoms with Crippen LogP contribution >= 0.6 is 7.82 Å². The summed E-state index contributed by atoms with van der Waals surface area (Å²) in [7, 11) is 1.50. The van der Waals surface area contributed by atoms with Gasteiger partial charge in [0.05, 0.1) is 27.7 Å². The number of rotatable bonds is 63. The molecule has 10 heteroatoms. The fourth-order valence-corrected chi connectivity index (χ4v) is 10.9. The summed E-state index contributed by atoms with van der Waals surface area (Å²) in [4.78, 5) is 35.8. The Bertz CT molecular complexity index is 1290. The first-order valence-corrected chi connectivity index (χ1v) is 34.9. The molecule has 0 aromatic carbocycles. The van der Waals surface area contributed by atoms with Gasteiger partial charge < -0.3 is 18.9 Å². The van der Waals surface area contributed by atoms with Gasteiger partial charge in [-0.05, 0) is 38.5 Å². The summed E-state index contributed by atoms with van der Waals surface area (Å²) in [5.74, 6) is -0.775. The van der Waals surface area contributed by atoms with Crippen LogP contribution in [-0.4, -0.2) is 74.9 Å². The lowest BCUT2D eigenvalue weighted by Crippen LogP contribution is -2.37. The van der Waals surface area contributed by atoms with E-state index in [1.165, 1.54) is 283 Å². The van der Waals surface area contributed by atoms with Crippen LogP contribution in [0.15, 0.2) is 12.2 Å². The number of unbranched alkanes of at least 4 members (excludes halogenated alkanes) is 47. The van der Waals surface area contributed by atoms with Crippen LogP contribution in [-0.2, 0) is 32.7 Å². The smallest absolute Gasteiger partial charge is 0.462 e. The van der Waals surface area contributed by atoms with Crippen LogP contribution in [0.2, 0.25) is 0 Å². The van der Waals surface area contributed by atoms with Crippen LogP contribution in [0, 0.1) is 0 Å². The minimum atomic E-state index is -4.38. The van der Waals surface area contributed by atoms with Crippen molar-refractivity contribution in [1.82, 2.24) is 0 Å². The molecular formula is C66H131NO8P+. The van der Waals surface area contributed by atoms with E-state index in [-0.39, 0.29) is 25.6 Å². The molecule has 0 aliphatic heterocycles. The van der Waals surface area contributed by atoms with Crippen molar-refractivity contribution in [2.45, 2.75) is 354 Å². The van der Waals surface area contributed by atoms with E-state index in [0.29, 0.717) is 23.9 Å². The first-order chi connectivity index (χ1) is 37.0. The average Bonchev–Trinajstić information content (AvgIpc) is 3.38. The molecule has 0 aromatic heterocycles. The Kier molecular flexibility index (Phi) is 57.4. The molecule has 0 bridgehead atoms. The van der Waals surface area contributed by atoms with Crippen LogP contribution in [0.25, 0.3) is 0 Å². The Hall–Kier alpha value is -1.25. The summed E-state index contributed by atoms with van der Waals surface area (Å²) in [5, 5.41) is 0. The van der Waals surface area contributed by atoms with Gasteiger partial charge in [0.2, 0.25) is 0 Å². The van der Waals surface area contributed by atoms with Gasteiger partial charge >= 0.3 is 19.8 Å². The highest BCUT2D eigenvalue weighted by Gasteiger charge is 2.27. The monoisotopic (exact) mass is 1100 g/mol. The van der Waals surface area contributed by atoms with Crippen molar-refractivity contribution in [2.24, 2.45) is 0 Å². The van der Waals surface area contributed by atoms with E-state index in [1.807, 2.05) is 21.1 Å². The van der Waals surface area contributed by atoms with Gasteiger partial charge in [0, 0.05) is 12.8 Å². The Morgan fingerprint density at radius 2 is 0.671 bits per heavy atom. The number of quaternary nitrogens is 1. The maximum absolute atomic E-state index is 12.8. The summed E-state index contributed by atoms with van der Waals surface area (Å²) in [6, 6.07) is 0. The minimum Gasteiger partial charge on any atom is -0.462 e. The van der Waals surface area contributed by atoms with Gasteiger partial charge in [-0.1, -0.05) is 309 Å².